The highest BCUT2D eigenvalue weighted by Crippen LogP contribution is 2.23. The molecule has 0 radical (unpaired) electrons. The Balaban J connectivity index is 2.48. The number of halogens is 1. The van der Waals surface area contributed by atoms with Crippen molar-refractivity contribution in [2.24, 2.45) is 0 Å². The lowest BCUT2D eigenvalue weighted by atomic mass is 10.2. The van der Waals surface area contributed by atoms with Crippen LogP contribution in [0.1, 0.15) is 5.56 Å². The normalized spacial score (nSPS) is 11.4. The van der Waals surface area contributed by atoms with Crippen molar-refractivity contribution in [3.05, 3.63) is 23.5 Å². The minimum absolute atomic E-state index is 0.0468. The Hall–Kier alpha value is -1.81. The highest BCUT2D eigenvalue weighted by atomic mass is 32.2. The van der Waals surface area contributed by atoms with E-state index < -0.39 is 20.7 Å². The van der Waals surface area contributed by atoms with Gasteiger partial charge in [0.1, 0.15) is 10.7 Å². The highest BCUT2D eigenvalue weighted by molar-refractivity contribution is 7.93. The summed E-state index contributed by atoms with van der Waals surface area (Å²) < 4.78 is 43.1. The second kappa shape index (κ2) is 4.46. The molecule has 0 aliphatic rings. The molecule has 3 N–H and O–H groups in total. The number of nitrogens with zero attached hydrogens (tertiary/aromatic N) is 3. The lowest BCUT2D eigenvalue weighted by Crippen LogP contribution is -2.15. The first-order valence-corrected chi connectivity index (χ1v) is 6.89. The molecule has 2 aromatic rings. The second-order valence-corrected chi connectivity index (χ2v) is 5.81. The molecule has 18 heavy (non-hydrogen) atoms. The van der Waals surface area contributed by atoms with Crippen LogP contribution in [0.3, 0.4) is 0 Å². The number of rotatable bonds is 3. The van der Waals surface area contributed by atoms with Crippen molar-refractivity contribution in [2.45, 2.75) is 11.8 Å². The van der Waals surface area contributed by atoms with E-state index in [1.807, 2.05) is 0 Å². The third kappa shape index (κ3) is 2.38. The largest absolute Gasteiger partial charge is 0.399 e. The number of benzene rings is 1. The second-order valence-electron chi connectivity index (χ2n) is 3.42. The van der Waals surface area contributed by atoms with Crippen LogP contribution in [0.5, 0.6) is 0 Å². The molecule has 0 aliphatic heterocycles. The van der Waals surface area contributed by atoms with Gasteiger partial charge in [-0.05, 0) is 29.8 Å². The Labute approximate surface area is 106 Å². The zero-order valence-corrected chi connectivity index (χ0v) is 10.7. The molecular weight excluding hydrogens is 281 g/mol. The van der Waals surface area contributed by atoms with Gasteiger partial charge in [-0.3, -0.25) is 4.72 Å². The Kier molecular flexibility index (Phi) is 3.13. The molecule has 1 heterocycles. The van der Waals surface area contributed by atoms with Gasteiger partial charge in [-0.15, -0.1) is 0 Å². The maximum atomic E-state index is 13.8. The van der Waals surface area contributed by atoms with E-state index in [1.165, 1.54) is 13.0 Å². The van der Waals surface area contributed by atoms with E-state index in [0.29, 0.717) is 0 Å². The minimum Gasteiger partial charge on any atom is -0.399 e. The van der Waals surface area contributed by atoms with Crippen LogP contribution in [0.4, 0.5) is 15.2 Å². The molecule has 0 atom stereocenters. The molecule has 7 nitrogen and oxygen atoms in total. The van der Waals surface area contributed by atoms with E-state index in [-0.39, 0.29) is 16.4 Å². The molecule has 96 valence electrons. The summed E-state index contributed by atoms with van der Waals surface area (Å²) in [5.74, 6) is -0.853. The standard InChI is InChI=1S/C8H8FN5O2S2/c1-4-2-5(10)3-6(7(4)9)18(15,16)12-8-11-13-14-17-8/h2-3H,10H2,1H3,(H,11,12,14). The van der Waals surface area contributed by atoms with Crippen molar-refractivity contribution in [3.63, 3.8) is 0 Å². The van der Waals surface area contributed by atoms with Gasteiger partial charge in [-0.1, -0.05) is 9.59 Å². The average molecular weight is 289 g/mol. The van der Waals surface area contributed by atoms with Gasteiger partial charge >= 0.3 is 0 Å². The van der Waals surface area contributed by atoms with Crippen molar-refractivity contribution >= 4 is 32.4 Å². The van der Waals surface area contributed by atoms with Gasteiger partial charge in [0.2, 0.25) is 5.13 Å². The number of sulfonamides is 1. The lowest BCUT2D eigenvalue weighted by molar-refractivity contribution is 0.565. The van der Waals surface area contributed by atoms with Crippen molar-refractivity contribution < 1.29 is 12.8 Å². The Morgan fingerprint density at radius 3 is 2.78 bits per heavy atom. The summed E-state index contributed by atoms with van der Waals surface area (Å²) in [6, 6.07) is 2.39. The van der Waals surface area contributed by atoms with Crippen LogP contribution < -0.4 is 10.5 Å². The van der Waals surface area contributed by atoms with Crippen molar-refractivity contribution in [1.29, 1.82) is 0 Å². The predicted molar refractivity (Wildman–Crippen MR) is 64.1 cm³/mol. The van der Waals surface area contributed by atoms with Crippen LogP contribution in [0.25, 0.3) is 0 Å². The number of nitrogen functional groups attached to an aromatic ring is 1. The summed E-state index contributed by atoms with van der Waals surface area (Å²) in [6.45, 7) is 1.43. The van der Waals surface area contributed by atoms with Crippen LogP contribution in [-0.4, -0.2) is 23.2 Å². The van der Waals surface area contributed by atoms with Gasteiger partial charge in [-0.2, -0.15) is 0 Å². The number of nitrogens with one attached hydrogen (secondary N) is 1. The van der Waals surface area contributed by atoms with Gasteiger partial charge in [0, 0.05) is 17.2 Å². The monoisotopic (exact) mass is 289 g/mol. The number of nitrogens with two attached hydrogens (primary N) is 1. The molecule has 0 aliphatic carbocycles. The number of hydrogen-bond acceptors (Lipinski definition) is 7. The van der Waals surface area contributed by atoms with Gasteiger partial charge in [0.15, 0.2) is 0 Å². The van der Waals surface area contributed by atoms with Crippen molar-refractivity contribution in [2.75, 3.05) is 10.5 Å². The lowest BCUT2D eigenvalue weighted by Gasteiger charge is -2.08. The van der Waals surface area contributed by atoms with Crippen LogP contribution in [0, 0.1) is 12.7 Å². The summed E-state index contributed by atoms with van der Waals surface area (Å²) in [5.41, 5.74) is 5.80. The molecule has 0 unspecified atom stereocenters. The van der Waals surface area contributed by atoms with E-state index in [0.717, 1.165) is 17.6 Å². The highest BCUT2D eigenvalue weighted by Gasteiger charge is 2.22. The average Bonchev–Trinajstić information content (AvgIpc) is 2.75. The van der Waals surface area contributed by atoms with E-state index >= 15 is 0 Å². The molecule has 0 saturated heterocycles. The Bertz CT molecular complexity index is 671. The van der Waals surface area contributed by atoms with Gasteiger partial charge in [0.05, 0.1) is 0 Å². The van der Waals surface area contributed by atoms with E-state index in [9.17, 15) is 12.8 Å². The SMILES string of the molecule is Cc1cc(N)cc(S(=O)(=O)Nc2nnns2)c1F. The quantitative estimate of drug-likeness (QED) is 0.807. The molecule has 0 bridgehead atoms. The van der Waals surface area contributed by atoms with Crippen molar-refractivity contribution in [3.8, 4) is 0 Å². The molecule has 1 aromatic heterocycles. The predicted octanol–water partition coefficient (Wildman–Crippen LogP) is 0.764. The Morgan fingerprint density at radius 1 is 1.44 bits per heavy atom. The Morgan fingerprint density at radius 2 is 2.17 bits per heavy atom. The first kappa shape index (κ1) is 12.6. The first-order chi connectivity index (χ1) is 8.40. The first-order valence-electron chi connectivity index (χ1n) is 4.63. The summed E-state index contributed by atoms with van der Waals surface area (Å²) in [6.07, 6.45) is 0. The number of hydrogen-bond donors (Lipinski definition) is 2. The molecule has 0 spiro atoms. The third-order valence-electron chi connectivity index (χ3n) is 2.05. The summed E-state index contributed by atoms with van der Waals surface area (Å²) in [5, 5.41) is 6.60. The summed E-state index contributed by atoms with van der Waals surface area (Å²) >= 11 is 0.743. The molecule has 0 saturated carbocycles. The van der Waals surface area contributed by atoms with Crippen molar-refractivity contribution in [1.82, 2.24) is 14.8 Å². The van der Waals surface area contributed by atoms with Crippen LogP contribution in [0.2, 0.25) is 0 Å². The minimum atomic E-state index is -4.10. The molecule has 10 heteroatoms. The zero-order chi connectivity index (χ0) is 13.3. The fraction of sp³-hybridized carbons (Fsp3) is 0.125. The smallest absolute Gasteiger partial charge is 0.266 e. The fourth-order valence-corrected chi connectivity index (χ4v) is 3.07. The van der Waals surface area contributed by atoms with E-state index in [1.54, 1.807) is 0 Å². The summed E-state index contributed by atoms with van der Waals surface area (Å²) in [7, 11) is -4.10. The van der Waals surface area contributed by atoms with Crippen LogP contribution in [0.15, 0.2) is 17.0 Å². The zero-order valence-electron chi connectivity index (χ0n) is 9.08. The maximum Gasteiger partial charge on any atom is 0.266 e. The van der Waals surface area contributed by atoms with Gasteiger partial charge < -0.3 is 5.73 Å². The van der Waals surface area contributed by atoms with Gasteiger partial charge in [-0.25, -0.2) is 12.8 Å². The fourth-order valence-electron chi connectivity index (χ4n) is 1.30. The molecule has 0 fully saturated rings. The molecule has 2 rings (SSSR count). The van der Waals surface area contributed by atoms with Crippen LogP contribution >= 0.6 is 11.5 Å². The molecule has 1 aromatic carbocycles. The van der Waals surface area contributed by atoms with E-state index in [4.69, 9.17) is 5.73 Å². The summed E-state index contributed by atoms with van der Waals surface area (Å²) in [4.78, 5) is -0.532. The number of aryl methyl sites for hydroxylation is 1. The number of aromatic nitrogens is 3. The topological polar surface area (TPSA) is 111 Å². The van der Waals surface area contributed by atoms with E-state index in [2.05, 4.69) is 19.5 Å². The molecule has 0 amide bonds. The van der Waals surface area contributed by atoms with Gasteiger partial charge in [0.25, 0.3) is 10.0 Å². The maximum absolute atomic E-state index is 13.8. The third-order valence-corrected chi connectivity index (χ3v) is 4.03. The number of anilines is 2. The molecular formula is C8H8FN5O2S2. The van der Waals surface area contributed by atoms with Crippen LogP contribution in [-0.2, 0) is 10.0 Å².